The van der Waals surface area contributed by atoms with Crippen molar-refractivity contribution < 1.29 is 28.6 Å². The highest BCUT2D eigenvalue weighted by Gasteiger charge is 2.19. The lowest BCUT2D eigenvalue weighted by Crippen LogP contribution is -2.30. The Morgan fingerprint density at radius 2 is 0.481 bits per heavy atom. The Balaban J connectivity index is 4.32. The first-order chi connectivity index (χ1) is 40.0. The first-order valence-electron chi connectivity index (χ1n) is 34.0. The number of unbranched alkanes of at least 4 members (excludes halogenated alkanes) is 30. The summed E-state index contributed by atoms with van der Waals surface area (Å²) in [5, 5.41) is 0. The highest BCUT2D eigenvalue weighted by molar-refractivity contribution is 5.71. The second-order valence-electron chi connectivity index (χ2n) is 22.3. The fourth-order valence-corrected chi connectivity index (χ4v) is 9.33. The van der Waals surface area contributed by atoms with Crippen molar-refractivity contribution in [2.45, 2.75) is 322 Å². The van der Waals surface area contributed by atoms with E-state index in [2.05, 4.69) is 142 Å². The van der Waals surface area contributed by atoms with E-state index in [1.165, 1.54) is 148 Å². The van der Waals surface area contributed by atoms with Gasteiger partial charge in [-0.3, -0.25) is 14.4 Å². The van der Waals surface area contributed by atoms with Crippen molar-refractivity contribution in [2.75, 3.05) is 13.2 Å². The third-order valence-electron chi connectivity index (χ3n) is 14.4. The molecular formula is C75H126O6. The molecule has 0 saturated carbocycles. The van der Waals surface area contributed by atoms with Gasteiger partial charge in [0.25, 0.3) is 0 Å². The minimum Gasteiger partial charge on any atom is -0.462 e. The number of carbonyl (C=O) groups excluding carboxylic acids is 3. The van der Waals surface area contributed by atoms with Gasteiger partial charge in [0.2, 0.25) is 0 Å². The normalized spacial score (nSPS) is 12.9. The number of hydrogen-bond acceptors (Lipinski definition) is 6. The molecule has 6 heteroatoms. The molecule has 0 aliphatic heterocycles. The lowest BCUT2D eigenvalue weighted by molar-refractivity contribution is -0.167. The summed E-state index contributed by atoms with van der Waals surface area (Å²) in [6, 6.07) is 0. The van der Waals surface area contributed by atoms with Crippen LogP contribution in [-0.2, 0) is 28.6 Å². The third kappa shape index (κ3) is 66.5. The van der Waals surface area contributed by atoms with Gasteiger partial charge in [-0.05, 0) is 135 Å². The molecule has 0 bridgehead atoms. The van der Waals surface area contributed by atoms with Crippen LogP contribution in [0, 0.1) is 0 Å². The third-order valence-corrected chi connectivity index (χ3v) is 14.4. The predicted molar refractivity (Wildman–Crippen MR) is 353 cm³/mol. The molecule has 0 rings (SSSR count). The maximum Gasteiger partial charge on any atom is 0.306 e. The van der Waals surface area contributed by atoms with Crippen molar-refractivity contribution in [2.24, 2.45) is 0 Å². The molecule has 0 spiro atoms. The molecule has 0 aromatic rings. The number of esters is 3. The van der Waals surface area contributed by atoms with Crippen LogP contribution in [0.5, 0.6) is 0 Å². The molecule has 462 valence electrons. The maximum absolute atomic E-state index is 12.9. The molecule has 0 saturated heterocycles. The Morgan fingerprint density at radius 3 is 0.778 bits per heavy atom. The van der Waals surface area contributed by atoms with Crippen LogP contribution in [0.1, 0.15) is 316 Å². The van der Waals surface area contributed by atoms with Crippen LogP contribution in [0.4, 0.5) is 0 Å². The van der Waals surface area contributed by atoms with Gasteiger partial charge in [0.15, 0.2) is 6.10 Å². The minimum absolute atomic E-state index is 0.0877. The van der Waals surface area contributed by atoms with E-state index >= 15 is 0 Å². The van der Waals surface area contributed by atoms with E-state index in [0.29, 0.717) is 19.3 Å². The van der Waals surface area contributed by atoms with Gasteiger partial charge in [0, 0.05) is 19.3 Å². The average Bonchev–Trinajstić information content (AvgIpc) is 3.47. The molecule has 1 atom stereocenters. The van der Waals surface area contributed by atoms with E-state index in [0.717, 1.165) is 128 Å². The standard InChI is InChI=1S/C75H126O6/c1-4-7-10-13-16-19-22-25-28-30-32-33-34-35-36-37-38-39-40-41-42-43-44-46-47-50-53-56-59-62-65-68-74(77)80-71-72(70-79-73(76)67-64-61-58-55-52-49-27-24-21-18-15-12-9-6-3)81-75(78)69-66-63-60-57-54-51-48-45-31-29-26-23-20-17-14-11-8-5-2/h7,10,16,19-20,23-25,27-29,31-33,35-36,38-39,41-42,72H,4-6,8-9,11-15,17-18,21-22,26,30,34,37,40,43-71H2,1-3H3/b10-7-,19-16-,23-20-,27-24-,28-25-,31-29-,33-32-,36-35-,39-38-,42-41-. The van der Waals surface area contributed by atoms with Crippen LogP contribution >= 0.6 is 0 Å². The molecule has 0 aromatic heterocycles. The Morgan fingerprint density at radius 1 is 0.259 bits per heavy atom. The molecule has 0 radical (unpaired) electrons. The van der Waals surface area contributed by atoms with E-state index < -0.39 is 6.10 Å². The molecule has 0 aliphatic carbocycles. The summed E-state index contributed by atoms with van der Waals surface area (Å²) in [6.07, 6.45) is 94.9. The maximum atomic E-state index is 12.9. The van der Waals surface area contributed by atoms with Crippen molar-refractivity contribution >= 4 is 17.9 Å². The zero-order valence-electron chi connectivity index (χ0n) is 53.0. The average molecular weight is 1120 g/mol. The van der Waals surface area contributed by atoms with Crippen LogP contribution in [0.15, 0.2) is 122 Å². The molecule has 1 unspecified atom stereocenters. The number of carbonyl (C=O) groups is 3. The monoisotopic (exact) mass is 1120 g/mol. The molecule has 0 heterocycles. The second kappa shape index (κ2) is 68.3. The second-order valence-corrected chi connectivity index (χ2v) is 22.3. The van der Waals surface area contributed by atoms with Crippen molar-refractivity contribution in [3.63, 3.8) is 0 Å². The lowest BCUT2D eigenvalue weighted by atomic mass is 10.1. The summed E-state index contributed by atoms with van der Waals surface area (Å²) >= 11 is 0. The number of allylic oxidation sites excluding steroid dienone is 20. The first-order valence-corrected chi connectivity index (χ1v) is 34.0. The summed E-state index contributed by atoms with van der Waals surface area (Å²) in [4.78, 5) is 38.4. The molecule has 0 fully saturated rings. The van der Waals surface area contributed by atoms with E-state index in [1.807, 2.05) is 0 Å². The van der Waals surface area contributed by atoms with E-state index in [9.17, 15) is 14.4 Å². The van der Waals surface area contributed by atoms with E-state index in [1.54, 1.807) is 0 Å². The van der Waals surface area contributed by atoms with Gasteiger partial charge < -0.3 is 14.2 Å². The van der Waals surface area contributed by atoms with Gasteiger partial charge in [0.05, 0.1) is 0 Å². The van der Waals surface area contributed by atoms with Crippen LogP contribution in [0.2, 0.25) is 0 Å². The number of ether oxygens (including phenoxy) is 3. The van der Waals surface area contributed by atoms with Gasteiger partial charge in [-0.25, -0.2) is 0 Å². The predicted octanol–water partition coefficient (Wildman–Crippen LogP) is 23.6. The highest BCUT2D eigenvalue weighted by Crippen LogP contribution is 2.16. The molecule has 0 aromatic carbocycles. The van der Waals surface area contributed by atoms with Crippen molar-refractivity contribution in [1.29, 1.82) is 0 Å². The Bertz CT molecular complexity index is 1670. The Labute approximate surface area is 501 Å². The SMILES string of the molecule is CC/C=C\C/C=C\C/C=C\C/C=C\C/C=C\C/C=C\C/C=C\CCCCCCCCCCCC(=O)OCC(COC(=O)CCCCCCC/C=C\CCCCCCC)OC(=O)CCCCCCCCC/C=C\C/C=C\CCCCCC. The smallest absolute Gasteiger partial charge is 0.306 e. The molecule has 0 N–H and O–H groups in total. The van der Waals surface area contributed by atoms with Crippen molar-refractivity contribution in [3.8, 4) is 0 Å². The molecule has 0 amide bonds. The van der Waals surface area contributed by atoms with Crippen molar-refractivity contribution in [1.82, 2.24) is 0 Å². The van der Waals surface area contributed by atoms with Gasteiger partial charge in [-0.2, -0.15) is 0 Å². The largest absolute Gasteiger partial charge is 0.462 e. The quantitative estimate of drug-likeness (QED) is 0.0261. The van der Waals surface area contributed by atoms with Crippen LogP contribution in [0.3, 0.4) is 0 Å². The first kappa shape index (κ1) is 76.8. The number of rotatable bonds is 61. The number of hydrogen-bond donors (Lipinski definition) is 0. The van der Waals surface area contributed by atoms with Gasteiger partial charge in [-0.1, -0.05) is 284 Å². The summed E-state index contributed by atoms with van der Waals surface area (Å²) in [5.74, 6) is -0.901. The minimum atomic E-state index is -0.792. The Hall–Kier alpha value is -4.19. The fourth-order valence-electron chi connectivity index (χ4n) is 9.33. The molecule has 0 aliphatic rings. The van der Waals surface area contributed by atoms with Gasteiger partial charge in [-0.15, -0.1) is 0 Å². The van der Waals surface area contributed by atoms with Crippen LogP contribution in [-0.4, -0.2) is 37.2 Å². The van der Waals surface area contributed by atoms with E-state index in [4.69, 9.17) is 14.2 Å². The molecule has 6 nitrogen and oxygen atoms in total. The van der Waals surface area contributed by atoms with Gasteiger partial charge in [0.1, 0.15) is 13.2 Å². The zero-order valence-corrected chi connectivity index (χ0v) is 53.0. The highest BCUT2D eigenvalue weighted by atomic mass is 16.6. The van der Waals surface area contributed by atoms with Crippen LogP contribution < -0.4 is 0 Å². The van der Waals surface area contributed by atoms with Crippen LogP contribution in [0.25, 0.3) is 0 Å². The summed E-state index contributed by atoms with van der Waals surface area (Å²) < 4.78 is 16.9. The molecule has 81 heavy (non-hydrogen) atoms. The zero-order chi connectivity index (χ0) is 58.5. The van der Waals surface area contributed by atoms with Crippen molar-refractivity contribution in [3.05, 3.63) is 122 Å². The Kier molecular flexibility index (Phi) is 64.8. The molecular weight excluding hydrogens is 997 g/mol. The summed E-state index contributed by atoms with van der Waals surface area (Å²) in [5.41, 5.74) is 0. The topological polar surface area (TPSA) is 78.9 Å². The fraction of sp³-hybridized carbons (Fsp3) is 0.693. The van der Waals surface area contributed by atoms with E-state index in [-0.39, 0.29) is 31.1 Å². The van der Waals surface area contributed by atoms with Gasteiger partial charge >= 0.3 is 17.9 Å². The summed E-state index contributed by atoms with van der Waals surface area (Å²) in [6.45, 7) is 6.50. The lowest BCUT2D eigenvalue weighted by Gasteiger charge is -2.18. The summed E-state index contributed by atoms with van der Waals surface area (Å²) in [7, 11) is 0.